The fraction of sp³-hybridized carbons (Fsp3) is 0.185. The molecule has 0 aliphatic carbocycles. The summed E-state index contributed by atoms with van der Waals surface area (Å²) in [5.41, 5.74) is 3.87. The van der Waals surface area contributed by atoms with Crippen molar-refractivity contribution in [3.63, 3.8) is 0 Å². The molecule has 13 heteroatoms. The highest BCUT2D eigenvalue weighted by Gasteiger charge is 2.16. The van der Waals surface area contributed by atoms with Gasteiger partial charge < -0.3 is 18.9 Å². The zero-order valence-corrected chi connectivity index (χ0v) is 22.4. The molecule has 2 aromatic carbocycles. The number of ether oxygens (including phenoxy) is 4. The van der Waals surface area contributed by atoms with Crippen LogP contribution >= 0.6 is 11.3 Å². The number of amides is 1. The van der Waals surface area contributed by atoms with Crippen LogP contribution in [0.1, 0.15) is 16.1 Å². The minimum atomic E-state index is -0.778. The van der Waals surface area contributed by atoms with E-state index in [9.17, 15) is 14.0 Å². The third-order valence-electron chi connectivity index (χ3n) is 5.63. The lowest BCUT2D eigenvalue weighted by Crippen LogP contribution is -2.18. The van der Waals surface area contributed by atoms with Gasteiger partial charge in [-0.1, -0.05) is 0 Å². The number of hydrogen-bond donors (Lipinski definition) is 1. The third kappa shape index (κ3) is 5.73. The second-order valence-corrected chi connectivity index (χ2v) is 9.42. The molecule has 204 valence electrons. The van der Waals surface area contributed by atoms with Gasteiger partial charge in [0.25, 0.3) is 0 Å². The molecule has 0 unspecified atom stereocenters. The van der Waals surface area contributed by atoms with E-state index in [4.69, 9.17) is 14.2 Å². The van der Waals surface area contributed by atoms with Gasteiger partial charge in [-0.15, -0.1) is 11.3 Å². The van der Waals surface area contributed by atoms with Crippen LogP contribution in [-0.2, 0) is 9.47 Å². The Labute approximate surface area is 230 Å². The highest BCUT2D eigenvalue weighted by atomic mass is 32.1. The highest BCUT2D eigenvalue weighted by molar-refractivity contribution is 7.21. The standard InChI is InChI=1S/C27H22FN5O6S/c1-14-8-16(24-19(9-14)32-23(36-2)13-30-24)25-33-18-11-17(28)21(12-22(18)40-25)38-6-7-39-27(35)31-15-4-5-29-20(10-15)26(34)37-3/h4-5,8-13H,6-7H2,1-3H3,(H,29,31,35). The Kier molecular flexibility index (Phi) is 7.64. The van der Waals surface area contributed by atoms with Gasteiger partial charge in [-0.3, -0.25) is 5.32 Å². The van der Waals surface area contributed by atoms with Gasteiger partial charge in [0.15, 0.2) is 11.6 Å². The SMILES string of the molecule is COC(=O)c1cc(NC(=O)OCCOc2cc3sc(-c4cc(C)cc5nc(OC)cnc45)nc3cc2F)ccn1. The zero-order valence-electron chi connectivity index (χ0n) is 21.6. The van der Waals surface area contributed by atoms with Crippen LogP contribution in [-0.4, -0.2) is 59.4 Å². The molecule has 11 nitrogen and oxygen atoms in total. The summed E-state index contributed by atoms with van der Waals surface area (Å²) in [5.74, 6) is -0.829. The van der Waals surface area contributed by atoms with Crippen molar-refractivity contribution in [2.75, 3.05) is 32.8 Å². The Morgan fingerprint density at radius 3 is 2.67 bits per heavy atom. The second-order valence-electron chi connectivity index (χ2n) is 8.39. The quantitative estimate of drug-likeness (QED) is 0.199. The number of hydrogen-bond acceptors (Lipinski definition) is 11. The van der Waals surface area contributed by atoms with Crippen molar-refractivity contribution >= 4 is 50.3 Å². The fourth-order valence-electron chi connectivity index (χ4n) is 3.83. The lowest BCUT2D eigenvalue weighted by atomic mass is 10.1. The number of nitrogens with one attached hydrogen (secondary N) is 1. The molecule has 0 saturated heterocycles. The normalized spacial score (nSPS) is 10.9. The van der Waals surface area contributed by atoms with E-state index in [0.29, 0.717) is 37.8 Å². The average Bonchev–Trinajstić information content (AvgIpc) is 3.36. The molecule has 40 heavy (non-hydrogen) atoms. The first kappa shape index (κ1) is 26.7. The van der Waals surface area contributed by atoms with Crippen LogP contribution in [0.3, 0.4) is 0 Å². The summed E-state index contributed by atoms with van der Waals surface area (Å²) in [5, 5.41) is 3.13. The Morgan fingerprint density at radius 1 is 1.02 bits per heavy atom. The first-order valence-corrected chi connectivity index (χ1v) is 12.7. The third-order valence-corrected chi connectivity index (χ3v) is 6.68. The van der Waals surface area contributed by atoms with Crippen molar-refractivity contribution in [3.05, 3.63) is 65.9 Å². The molecule has 3 heterocycles. The van der Waals surface area contributed by atoms with Gasteiger partial charge in [0.1, 0.15) is 23.9 Å². The molecule has 0 saturated carbocycles. The van der Waals surface area contributed by atoms with Crippen LogP contribution in [0.4, 0.5) is 14.9 Å². The van der Waals surface area contributed by atoms with Crippen LogP contribution in [0.5, 0.6) is 11.6 Å². The number of methoxy groups -OCH3 is 2. The predicted octanol–water partition coefficient (Wildman–Crippen LogP) is 5.17. The van der Waals surface area contributed by atoms with Gasteiger partial charge in [-0.2, -0.15) is 0 Å². The maximum absolute atomic E-state index is 14.8. The van der Waals surface area contributed by atoms with E-state index < -0.39 is 17.9 Å². The highest BCUT2D eigenvalue weighted by Crippen LogP contribution is 2.37. The summed E-state index contributed by atoms with van der Waals surface area (Å²) >= 11 is 1.37. The van der Waals surface area contributed by atoms with Crippen LogP contribution in [0.2, 0.25) is 0 Å². The van der Waals surface area contributed by atoms with E-state index in [1.54, 1.807) is 12.3 Å². The van der Waals surface area contributed by atoms with Crippen LogP contribution < -0.4 is 14.8 Å². The average molecular weight is 564 g/mol. The minimum Gasteiger partial charge on any atom is -0.487 e. The van der Waals surface area contributed by atoms with Crippen molar-refractivity contribution in [3.8, 4) is 22.2 Å². The van der Waals surface area contributed by atoms with Gasteiger partial charge in [-0.25, -0.2) is 33.9 Å². The molecule has 0 bridgehead atoms. The van der Waals surface area contributed by atoms with E-state index in [1.165, 1.54) is 50.0 Å². The number of carbonyl (C=O) groups excluding carboxylic acids is 2. The number of rotatable bonds is 8. The number of aryl methyl sites for hydroxylation is 1. The monoisotopic (exact) mass is 563 g/mol. The molecule has 0 fully saturated rings. The van der Waals surface area contributed by atoms with Gasteiger partial charge in [0, 0.05) is 29.6 Å². The predicted molar refractivity (Wildman–Crippen MR) is 145 cm³/mol. The first-order chi connectivity index (χ1) is 19.3. The van der Waals surface area contributed by atoms with E-state index in [0.717, 1.165) is 11.1 Å². The maximum Gasteiger partial charge on any atom is 0.411 e. The number of fused-ring (bicyclic) bond motifs is 2. The lowest BCUT2D eigenvalue weighted by Gasteiger charge is -2.09. The zero-order chi connectivity index (χ0) is 28.2. The topological polar surface area (TPSA) is 135 Å². The largest absolute Gasteiger partial charge is 0.487 e. The molecule has 0 aliphatic heterocycles. The number of nitrogens with zero attached hydrogens (tertiary/aromatic N) is 4. The van der Waals surface area contributed by atoms with Crippen molar-refractivity contribution in [1.82, 2.24) is 19.9 Å². The number of carbonyl (C=O) groups is 2. The first-order valence-electron chi connectivity index (χ1n) is 11.9. The molecule has 3 aromatic heterocycles. The molecule has 1 amide bonds. The summed E-state index contributed by atoms with van der Waals surface area (Å²) in [7, 11) is 2.76. The molecule has 0 spiro atoms. The lowest BCUT2D eigenvalue weighted by molar-refractivity contribution is 0.0594. The number of esters is 1. The number of halogens is 1. The second kappa shape index (κ2) is 11.5. The smallest absolute Gasteiger partial charge is 0.411 e. The molecule has 0 radical (unpaired) electrons. The summed E-state index contributed by atoms with van der Waals surface area (Å²) in [4.78, 5) is 41.1. The van der Waals surface area contributed by atoms with Crippen LogP contribution in [0, 0.1) is 12.7 Å². The molecule has 0 atom stereocenters. The molecule has 0 aliphatic rings. The van der Waals surface area contributed by atoms with Gasteiger partial charge in [0.05, 0.1) is 41.7 Å². The number of benzene rings is 2. The van der Waals surface area contributed by atoms with Crippen molar-refractivity contribution in [2.24, 2.45) is 0 Å². The summed E-state index contributed by atoms with van der Waals surface area (Å²) in [6.07, 6.45) is 2.11. The van der Waals surface area contributed by atoms with E-state index in [2.05, 4.69) is 30.0 Å². The van der Waals surface area contributed by atoms with Gasteiger partial charge in [-0.05, 0) is 36.8 Å². The molecule has 5 rings (SSSR count). The number of thiazole rings is 1. The summed E-state index contributed by atoms with van der Waals surface area (Å²) < 4.78 is 35.9. The number of anilines is 1. The van der Waals surface area contributed by atoms with Crippen molar-refractivity contribution in [2.45, 2.75) is 6.92 Å². The Bertz CT molecular complexity index is 1740. The van der Waals surface area contributed by atoms with Crippen molar-refractivity contribution in [1.29, 1.82) is 0 Å². The minimum absolute atomic E-state index is 0.00203. The molecule has 5 aromatic rings. The Balaban J connectivity index is 1.25. The molecular weight excluding hydrogens is 541 g/mol. The van der Waals surface area contributed by atoms with Crippen molar-refractivity contribution < 1.29 is 32.9 Å². The van der Waals surface area contributed by atoms with Gasteiger partial charge >= 0.3 is 12.1 Å². The van der Waals surface area contributed by atoms with Gasteiger partial charge in [0.2, 0.25) is 5.88 Å². The summed E-state index contributed by atoms with van der Waals surface area (Å²) in [6.45, 7) is 1.71. The van der Waals surface area contributed by atoms with E-state index >= 15 is 0 Å². The molecule has 1 N–H and O–H groups in total. The Morgan fingerprint density at radius 2 is 1.88 bits per heavy atom. The number of pyridine rings is 1. The molecular formula is C27H22FN5O6S. The summed E-state index contributed by atoms with van der Waals surface area (Å²) in [6, 6.07) is 9.56. The number of aromatic nitrogens is 4. The van der Waals surface area contributed by atoms with E-state index in [-0.39, 0.29) is 24.7 Å². The Hall–Kier alpha value is -4.91. The maximum atomic E-state index is 14.8. The van der Waals surface area contributed by atoms with E-state index in [1.807, 2.05) is 19.1 Å². The van der Waals surface area contributed by atoms with Crippen LogP contribution in [0.15, 0.2) is 48.8 Å². The fourth-order valence-corrected chi connectivity index (χ4v) is 4.82. The van der Waals surface area contributed by atoms with Crippen LogP contribution in [0.25, 0.3) is 31.8 Å².